The largest absolute Gasteiger partial charge is 0.292 e. The lowest BCUT2D eigenvalue weighted by Gasteiger charge is -2.38. The van der Waals surface area contributed by atoms with Crippen molar-refractivity contribution in [2.45, 2.75) is 38.1 Å². The summed E-state index contributed by atoms with van der Waals surface area (Å²) in [5.74, 6) is 0.439. The molecule has 4 heteroatoms. The molecule has 0 bridgehead atoms. The molecule has 0 aliphatic carbocycles. The number of piperidine rings is 1. The average molecular weight is 453 g/mol. The Balaban J connectivity index is 1.12. The van der Waals surface area contributed by atoms with Crippen LogP contribution in [0.4, 0.5) is 0 Å². The number of fused-ring (bicyclic) bond motifs is 1. The van der Waals surface area contributed by atoms with Crippen LogP contribution in [0, 0.1) is 5.92 Å². The van der Waals surface area contributed by atoms with Crippen molar-refractivity contribution >= 4 is 11.8 Å². The number of hydrogen-bond donors (Lipinski definition) is 0. The zero-order valence-electron chi connectivity index (χ0n) is 19.6. The highest BCUT2D eigenvalue weighted by Crippen LogP contribution is 2.33. The molecular formula is C30H32N2O2. The van der Waals surface area contributed by atoms with E-state index in [2.05, 4.69) is 65.6 Å². The van der Waals surface area contributed by atoms with Gasteiger partial charge in [-0.2, -0.15) is 0 Å². The van der Waals surface area contributed by atoms with Gasteiger partial charge in [0, 0.05) is 6.54 Å². The SMILES string of the molecule is O=C1c2ccccc2C(=O)N1CCCCC1CCN(C(c2ccccc2)c2ccccc2)CC1. The molecule has 4 nitrogen and oxygen atoms in total. The fraction of sp³-hybridized carbons (Fsp3) is 0.333. The Morgan fingerprint density at radius 1 is 0.676 bits per heavy atom. The van der Waals surface area contributed by atoms with Gasteiger partial charge in [0.25, 0.3) is 11.8 Å². The molecule has 3 aromatic carbocycles. The van der Waals surface area contributed by atoms with E-state index in [1.807, 2.05) is 12.1 Å². The second-order valence-corrected chi connectivity index (χ2v) is 9.51. The van der Waals surface area contributed by atoms with Crippen LogP contribution in [0.5, 0.6) is 0 Å². The number of carbonyl (C=O) groups excluding carboxylic acids is 2. The van der Waals surface area contributed by atoms with E-state index in [0.29, 0.717) is 29.6 Å². The Morgan fingerprint density at radius 2 is 1.18 bits per heavy atom. The van der Waals surface area contributed by atoms with Crippen molar-refractivity contribution in [2.75, 3.05) is 19.6 Å². The van der Waals surface area contributed by atoms with Gasteiger partial charge in [0.05, 0.1) is 17.2 Å². The molecular weight excluding hydrogens is 420 g/mol. The fourth-order valence-corrected chi connectivity index (χ4v) is 5.53. The maximum atomic E-state index is 12.5. The maximum absolute atomic E-state index is 12.5. The van der Waals surface area contributed by atoms with Gasteiger partial charge in [-0.25, -0.2) is 0 Å². The maximum Gasteiger partial charge on any atom is 0.261 e. The first kappa shape index (κ1) is 22.5. The molecule has 0 spiro atoms. The van der Waals surface area contributed by atoms with Crippen molar-refractivity contribution < 1.29 is 9.59 Å². The number of benzene rings is 3. The lowest BCUT2D eigenvalue weighted by Crippen LogP contribution is -2.37. The number of hydrogen-bond acceptors (Lipinski definition) is 3. The Hall–Kier alpha value is -3.24. The number of nitrogens with zero attached hydrogens (tertiary/aromatic N) is 2. The van der Waals surface area contributed by atoms with Gasteiger partial charge in [-0.1, -0.05) is 85.6 Å². The number of imide groups is 1. The number of rotatable bonds is 8. The van der Waals surface area contributed by atoms with E-state index >= 15 is 0 Å². The predicted molar refractivity (Wildman–Crippen MR) is 135 cm³/mol. The number of unbranched alkanes of at least 4 members (excludes halogenated alkanes) is 1. The van der Waals surface area contributed by atoms with Gasteiger partial charge in [0.2, 0.25) is 0 Å². The Morgan fingerprint density at radius 3 is 1.71 bits per heavy atom. The summed E-state index contributed by atoms with van der Waals surface area (Å²) >= 11 is 0. The third kappa shape index (κ3) is 4.69. The van der Waals surface area contributed by atoms with Crippen LogP contribution in [0.15, 0.2) is 84.9 Å². The monoisotopic (exact) mass is 452 g/mol. The van der Waals surface area contributed by atoms with Crippen LogP contribution in [0.3, 0.4) is 0 Å². The standard InChI is InChI=1S/C30H32N2O2/c33-29-26-16-7-8-17-27(26)30(34)32(29)20-10-9-11-23-18-21-31(22-19-23)28(24-12-3-1-4-13-24)25-14-5-2-6-15-25/h1-8,12-17,23,28H,9-11,18-22H2. The molecule has 0 atom stereocenters. The molecule has 2 aliphatic heterocycles. The van der Waals surface area contributed by atoms with E-state index in [-0.39, 0.29) is 11.8 Å². The summed E-state index contributed by atoms with van der Waals surface area (Å²) in [6, 6.07) is 29.1. The van der Waals surface area contributed by atoms with E-state index in [9.17, 15) is 9.59 Å². The highest BCUT2D eigenvalue weighted by Gasteiger charge is 2.34. The molecule has 1 saturated heterocycles. The van der Waals surface area contributed by atoms with Gasteiger partial charge in [0.15, 0.2) is 0 Å². The summed E-state index contributed by atoms with van der Waals surface area (Å²) in [4.78, 5) is 29.1. The van der Waals surface area contributed by atoms with E-state index < -0.39 is 0 Å². The first-order valence-electron chi connectivity index (χ1n) is 12.5. The Labute approximate surface area is 202 Å². The molecule has 2 heterocycles. The van der Waals surface area contributed by atoms with Gasteiger partial charge in [0.1, 0.15) is 0 Å². The molecule has 2 aliphatic rings. The first-order chi connectivity index (χ1) is 16.7. The summed E-state index contributed by atoms with van der Waals surface area (Å²) in [5.41, 5.74) is 3.80. The highest BCUT2D eigenvalue weighted by molar-refractivity contribution is 6.21. The zero-order chi connectivity index (χ0) is 23.3. The van der Waals surface area contributed by atoms with Crippen molar-refractivity contribution in [1.29, 1.82) is 0 Å². The van der Waals surface area contributed by atoms with E-state index in [0.717, 1.165) is 25.9 Å². The van der Waals surface area contributed by atoms with Gasteiger partial charge >= 0.3 is 0 Å². The van der Waals surface area contributed by atoms with Gasteiger partial charge in [-0.15, -0.1) is 0 Å². The normalized spacial score (nSPS) is 16.9. The Bertz CT molecular complexity index is 1050. The van der Waals surface area contributed by atoms with Crippen molar-refractivity contribution in [2.24, 2.45) is 5.92 Å². The van der Waals surface area contributed by atoms with Crippen molar-refractivity contribution in [3.8, 4) is 0 Å². The minimum atomic E-state index is -0.137. The van der Waals surface area contributed by atoms with Crippen LogP contribution < -0.4 is 0 Å². The second-order valence-electron chi connectivity index (χ2n) is 9.51. The topological polar surface area (TPSA) is 40.6 Å². The minimum Gasteiger partial charge on any atom is -0.292 e. The highest BCUT2D eigenvalue weighted by atomic mass is 16.2. The number of likely N-dealkylation sites (tertiary alicyclic amines) is 1. The van der Waals surface area contributed by atoms with Crippen molar-refractivity contribution in [3.05, 3.63) is 107 Å². The first-order valence-corrected chi connectivity index (χ1v) is 12.5. The van der Waals surface area contributed by atoms with Gasteiger partial charge in [-0.3, -0.25) is 19.4 Å². The smallest absolute Gasteiger partial charge is 0.261 e. The molecule has 5 rings (SSSR count). The van der Waals surface area contributed by atoms with Crippen LogP contribution in [-0.2, 0) is 0 Å². The molecule has 1 fully saturated rings. The van der Waals surface area contributed by atoms with Crippen LogP contribution in [0.2, 0.25) is 0 Å². The summed E-state index contributed by atoms with van der Waals surface area (Å²) in [6.45, 7) is 2.71. The molecule has 0 unspecified atom stereocenters. The summed E-state index contributed by atoms with van der Waals surface area (Å²) in [6.07, 6.45) is 5.49. The summed E-state index contributed by atoms with van der Waals surface area (Å²) in [7, 11) is 0. The summed E-state index contributed by atoms with van der Waals surface area (Å²) in [5, 5.41) is 0. The molecule has 0 N–H and O–H groups in total. The molecule has 2 amide bonds. The molecule has 0 aromatic heterocycles. The quantitative estimate of drug-likeness (QED) is 0.313. The van der Waals surface area contributed by atoms with Crippen LogP contribution >= 0.6 is 0 Å². The molecule has 0 saturated carbocycles. The molecule has 3 aromatic rings. The van der Waals surface area contributed by atoms with Crippen LogP contribution in [0.1, 0.15) is 70.0 Å². The Kier molecular flexibility index (Phi) is 6.87. The van der Waals surface area contributed by atoms with E-state index in [1.54, 1.807) is 12.1 Å². The van der Waals surface area contributed by atoms with Crippen LogP contribution in [-0.4, -0.2) is 41.2 Å². The molecule has 174 valence electrons. The average Bonchev–Trinajstić information content (AvgIpc) is 3.14. The number of amides is 2. The minimum absolute atomic E-state index is 0.137. The number of carbonyl (C=O) groups is 2. The lowest BCUT2D eigenvalue weighted by molar-refractivity contribution is 0.0650. The van der Waals surface area contributed by atoms with Crippen molar-refractivity contribution in [3.63, 3.8) is 0 Å². The lowest BCUT2D eigenvalue weighted by atomic mass is 9.88. The van der Waals surface area contributed by atoms with Crippen LogP contribution in [0.25, 0.3) is 0 Å². The third-order valence-corrected chi connectivity index (χ3v) is 7.37. The third-order valence-electron chi connectivity index (χ3n) is 7.37. The predicted octanol–water partition coefficient (Wildman–Crippen LogP) is 5.95. The van der Waals surface area contributed by atoms with E-state index in [4.69, 9.17) is 0 Å². The van der Waals surface area contributed by atoms with E-state index in [1.165, 1.54) is 35.3 Å². The van der Waals surface area contributed by atoms with Gasteiger partial charge in [-0.05, 0) is 61.5 Å². The summed E-state index contributed by atoms with van der Waals surface area (Å²) < 4.78 is 0. The fourth-order valence-electron chi connectivity index (χ4n) is 5.53. The molecule has 34 heavy (non-hydrogen) atoms. The molecule has 0 radical (unpaired) electrons. The second kappa shape index (κ2) is 10.4. The van der Waals surface area contributed by atoms with Gasteiger partial charge < -0.3 is 0 Å². The van der Waals surface area contributed by atoms with Crippen molar-refractivity contribution in [1.82, 2.24) is 9.80 Å². The zero-order valence-corrected chi connectivity index (χ0v) is 19.6.